The fourth-order valence-electron chi connectivity index (χ4n) is 2.82. The number of hydrogen-bond acceptors (Lipinski definition) is 8. The van der Waals surface area contributed by atoms with Crippen LogP contribution in [0.15, 0.2) is 18.5 Å². The van der Waals surface area contributed by atoms with Gasteiger partial charge in [0, 0.05) is 43.0 Å². The van der Waals surface area contributed by atoms with Crippen LogP contribution in [0.2, 0.25) is 0 Å². The fourth-order valence-corrected chi connectivity index (χ4v) is 3.47. The predicted octanol–water partition coefficient (Wildman–Crippen LogP) is 1.40. The number of nitrogens with zero attached hydrogens (tertiary/aromatic N) is 7. The molecule has 0 unspecified atom stereocenters. The Kier molecular flexibility index (Phi) is 2.93. The van der Waals surface area contributed by atoms with Gasteiger partial charge in [-0.2, -0.15) is 8.89 Å². The van der Waals surface area contributed by atoms with E-state index in [-0.39, 0.29) is 0 Å². The lowest BCUT2D eigenvalue weighted by Crippen LogP contribution is -2.50. The summed E-state index contributed by atoms with van der Waals surface area (Å²) in [5.74, 6) is 3.24. The van der Waals surface area contributed by atoms with Gasteiger partial charge in [-0.25, -0.2) is 4.98 Å². The molecule has 1 saturated carbocycles. The minimum atomic E-state index is 0.613. The SMILES string of the molecule is c1cc2nncn2nc1N1CC(CNc2nc(C3CC3)ns2)C1. The zero-order valence-electron chi connectivity index (χ0n) is 12.5. The van der Waals surface area contributed by atoms with E-state index in [0.29, 0.717) is 11.8 Å². The summed E-state index contributed by atoms with van der Waals surface area (Å²) < 4.78 is 6.13. The summed E-state index contributed by atoms with van der Waals surface area (Å²) in [5, 5.41) is 16.7. The van der Waals surface area contributed by atoms with Gasteiger partial charge in [0.25, 0.3) is 0 Å². The lowest BCUT2D eigenvalue weighted by Gasteiger charge is -2.40. The average molecular weight is 328 g/mol. The molecule has 2 aliphatic rings. The van der Waals surface area contributed by atoms with Gasteiger partial charge in [0.1, 0.15) is 18.0 Å². The normalized spacial score (nSPS) is 18.3. The van der Waals surface area contributed by atoms with Gasteiger partial charge in [-0.1, -0.05) is 0 Å². The fraction of sp³-hybridized carbons (Fsp3) is 0.500. The van der Waals surface area contributed by atoms with Crippen molar-refractivity contribution in [1.82, 2.24) is 29.2 Å². The first kappa shape index (κ1) is 13.2. The van der Waals surface area contributed by atoms with Gasteiger partial charge in [0.15, 0.2) is 5.65 Å². The monoisotopic (exact) mass is 328 g/mol. The second kappa shape index (κ2) is 5.12. The topological polar surface area (TPSA) is 84.1 Å². The number of hydrogen-bond donors (Lipinski definition) is 1. The van der Waals surface area contributed by atoms with Gasteiger partial charge in [-0.15, -0.1) is 15.3 Å². The molecule has 0 aromatic carbocycles. The van der Waals surface area contributed by atoms with Crippen LogP contribution < -0.4 is 10.2 Å². The Morgan fingerprint density at radius 3 is 3.04 bits per heavy atom. The standard InChI is InChI=1S/C14H16N8S/c1-2-10(1)13-17-14(23-20-13)15-5-9-6-21(7-9)12-4-3-11-18-16-8-22(11)19-12/h3-4,8-10H,1-2,5-7H2,(H,15,17,20). The Labute approximate surface area is 136 Å². The quantitative estimate of drug-likeness (QED) is 0.758. The highest BCUT2D eigenvalue weighted by Gasteiger charge is 2.29. The van der Waals surface area contributed by atoms with Crippen LogP contribution in [0.5, 0.6) is 0 Å². The minimum absolute atomic E-state index is 0.613. The van der Waals surface area contributed by atoms with E-state index in [1.807, 2.05) is 12.1 Å². The number of nitrogens with one attached hydrogen (secondary N) is 1. The Balaban J connectivity index is 1.16. The Morgan fingerprint density at radius 2 is 2.17 bits per heavy atom. The summed E-state index contributed by atoms with van der Waals surface area (Å²) in [7, 11) is 0. The zero-order chi connectivity index (χ0) is 15.2. The van der Waals surface area contributed by atoms with Crippen LogP contribution in [0, 0.1) is 5.92 Å². The van der Waals surface area contributed by atoms with Crippen molar-refractivity contribution in [2.24, 2.45) is 5.92 Å². The Morgan fingerprint density at radius 1 is 1.26 bits per heavy atom. The molecule has 3 aromatic rings. The number of rotatable bonds is 5. The van der Waals surface area contributed by atoms with Gasteiger partial charge in [-0.3, -0.25) is 0 Å². The molecule has 3 aromatic heterocycles. The molecular weight excluding hydrogens is 312 g/mol. The molecule has 8 nitrogen and oxygen atoms in total. The van der Waals surface area contributed by atoms with Crippen molar-refractivity contribution < 1.29 is 0 Å². The van der Waals surface area contributed by atoms with Crippen LogP contribution in [-0.2, 0) is 0 Å². The van der Waals surface area contributed by atoms with Crippen molar-refractivity contribution in [2.75, 3.05) is 29.9 Å². The summed E-state index contributed by atoms with van der Waals surface area (Å²) in [6.45, 7) is 2.94. The van der Waals surface area contributed by atoms with E-state index in [2.05, 4.69) is 34.9 Å². The third-order valence-corrected chi connectivity index (χ3v) is 5.04. The summed E-state index contributed by atoms with van der Waals surface area (Å²) in [5.41, 5.74) is 0.773. The average Bonchev–Trinajstić information content (AvgIpc) is 3.08. The van der Waals surface area contributed by atoms with E-state index in [0.717, 1.165) is 42.1 Å². The number of fused-ring (bicyclic) bond motifs is 1. The zero-order valence-corrected chi connectivity index (χ0v) is 13.3. The maximum absolute atomic E-state index is 4.56. The Hall–Kier alpha value is -2.29. The van der Waals surface area contributed by atoms with E-state index >= 15 is 0 Å². The molecule has 4 heterocycles. The van der Waals surface area contributed by atoms with Gasteiger partial charge >= 0.3 is 0 Å². The maximum Gasteiger partial charge on any atom is 0.202 e. The highest BCUT2D eigenvalue weighted by atomic mass is 32.1. The highest BCUT2D eigenvalue weighted by molar-refractivity contribution is 7.09. The van der Waals surface area contributed by atoms with Crippen LogP contribution >= 0.6 is 11.5 Å². The molecule has 0 spiro atoms. The Bertz CT molecular complexity index is 832. The van der Waals surface area contributed by atoms with Crippen LogP contribution in [0.4, 0.5) is 10.9 Å². The molecule has 1 aliphatic carbocycles. The lowest BCUT2D eigenvalue weighted by atomic mass is 10.0. The molecule has 1 N–H and O–H groups in total. The van der Waals surface area contributed by atoms with E-state index < -0.39 is 0 Å². The summed E-state index contributed by atoms with van der Waals surface area (Å²) in [6.07, 6.45) is 4.12. The van der Waals surface area contributed by atoms with E-state index in [9.17, 15) is 0 Å². The third kappa shape index (κ3) is 2.50. The second-order valence-electron chi connectivity index (χ2n) is 6.21. The first-order chi connectivity index (χ1) is 11.3. The van der Waals surface area contributed by atoms with Crippen LogP contribution in [0.3, 0.4) is 0 Å². The molecule has 0 amide bonds. The predicted molar refractivity (Wildman–Crippen MR) is 86.9 cm³/mol. The van der Waals surface area contributed by atoms with Crippen molar-refractivity contribution >= 4 is 28.1 Å². The molecule has 2 fully saturated rings. The van der Waals surface area contributed by atoms with E-state index in [1.54, 1.807) is 10.8 Å². The molecule has 118 valence electrons. The number of aromatic nitrogens is 6. The van der Waals surface area contributed by atoms with E-state index in [4.69, 9.17) is 0 Å². The third-order valence-electron chi connectivity index (χ3n) is 4.35. The van der Waals surface area contributed by atoms with Crippen LogP contribution in [0.1, 0.15) is 24.6 Å². The van der Waals surface area contributed by atoms with Crippen molar-refractivity contribution in [3.63, 3.8) is 0 Å². The van der Waals surface area contributed by atoms with Crippen molar-refractivity contribution in [3.8, 4) is 0 Å². The summed E-state index contributed by atoms with van der Waals surface area (Å²) in [6, 6.07) is 3.95. The smallest absolute Gasteiger partial charge is 0.202 e. The summed E-state index contributed by atoms with van der Waals surface area (Å²) in [4.78, 5) is 6.83. The number of anilines is 2. The minimum Gasteiger partial charge on any atom is -0.360 e. The second-order valence-corrected chi connectivity index (χ2v) is 6.96. The molecule has 1 aliphatic heterocycles. The molecule has 1 saturated heterocycles. The van der Waals surface area contributed by atoms with Gasteiger partial charge in [0.2, 0.25) is 5.13 Å². The maximum atomic E-state index is 4.56. The first-order valence-corrected chi connectivity index (χ1v) is 8.62. The van der Waals surface area contributed by atoms with Crippen LogP contribution in [0.25, 0.3) is 5.65 Å². The van der Waals surface area contributed by atoms with Crippen LogP contribution in [-0.4, -0.2) is 48.8 Å². The molecule has 0 bridgehead atoms. The highest BCUT2D eigenvalue weighted by Crippen LogP contribution is 2.39. The molecule has 0 atom stereocenters. The summed E-state index contributed by atoms with van der Waals surface area (Å²) >= 11 is 1.48. The molecule has 9 heteroatoms. The molecular formula is C14H16N8S. The molecule has 5 rings (SSSR count). The van der Waals surface area contributed by atoms with Gasteiger partial charge in [0.05, 0.1) is 0 Å². The van der Waals surface area contributed by atoms with Gasteiger partial charge < -0.3 is 10.2 Å². The largest absolute Gasteiger partial charge is 0.360 e. The van der Waals surface area contributed by atoms with E-state index in [1.165, 1.54) is 24.4 Å². The van der Waals surface area contributed by atoms with Gasteiger partial charge in [-0.05, 0) is 25.0 Å². The lowest BCUT2D eigenvalue weighted by molar-refractivity contribution is 0.425. The molecule has 0 radical (unpaired) electrons. The van der Waals surface area contributed by atoms with Crippen molar-refractivity contribution in [2.45, 2.75) is 18.8 Å². The van der Waals surface area contributed by atoms with Crippen molar-refractivity contribution in [3.05, 3.63) is 24.3 Å². The first-order valence-electron chi connectivity index (χ1n) is 7.84. The van der Waals surface area contributed by atoms with Crippen molar-refractivity contribution in [1.29, 1.82) is 0 Å². The molecule has 23 heavy (non-hydrogen) atoms.